The van der Waals surface area contributed by atoms with Gasteiger partial charge in [0.2, 0.25) is 5.51 Å². The highest BCUT2D eigenvalue weighted by atomic mass is 32.1. The summed E-state index contributed by atoms with van der Waals surface area (Å²) in [5.41, 5.74) is 2.19. The number of rotatable bonds is 22. The molecule has 1 saturated heterocycles. The van der Waals surface area contributed by atoms with E-state index in [1.807, 2.05) is 0 Å². The van der Waals surface area contributed by atoms with E-state index in [0.717, 1.165) is 32.3 Å². The second kappa shape index (κ2) is 20.0. The van der Waals surface area contributed by atoms with E-state index in [1.54, 1.807) is 11.3 Å². The van der Waals surface area contributed by atoms with Gasteiger partial charge in [0, 0.05) is 19.6 Å². The largest absolute Gasteiger partial charge is 0.379 e. The Labute approximate surface area is 203 Å². The molecule has 0 bridgehead atoms. The van der Waals surface area contributed by atoms with Crippen molar-refractivity contribution in [3.05, 3.63) is 17.1 Å². The molecule has 186 valence electrons. The van der Waals surface area contributed by atoms with E-state index >= 15 is 0 Å². The molecule has 1 aromatic heterocycles. The molecule has 32 heavy (non-hydrogen) atoms. The fourth-order valence-electron chi connectivity index (χ4n) is 4.83. The maximum atomic E-state index is 5.98. The Balaban J connectivity index is 1.28. The van der Waals surface area contributed by atoms with Crippen LogP contribution in [-0.2, 0) is 16.0 Å². The van der Waals surface area contributed by atoms with Crippen molar-refractivity contribution in [2.24, 2.45) is 5.92 Å². The number of nitrogens with zero attached hydrogens (tertiary/aromatic N) is 1. The Morgan fingerprint density at radius 1 is 0.844 bits per heavy atom. The van der Waals surface area contributed by atoms with Crippen LogP contribution in [0.15, 0.2) is 17.1 Å². The van der Waals surface area contributed by atoms with Crippen LogP contribution in [-0.4, -0.2) is 25.9 Å². The van der Waals surface area contributed by atoms with E-state index in [4.69, 9.17) is 9.47 Å². The van der Waals surface area contributed by atoms with Gasteiger partial charge < -0.3 is 9.47 Å². The minimum absolute atomic E-state index is 0.354. The van der Waals surface area contributed by atoms with Crippen molar-refractivity contribution in [1.29, 1.82) is 0 Å². The van der Waals surface area contributed by atoms with Gasteiger partial charge >= 0.3 is 0 Å². The Morgan fingerprint density at radius 2 is 1.50 bits per heavy atom. The summed E-state index contributed by atoms with van der Waals surface area (Å²) in [6, 6.07) is 0. The maximum absolute atomic E-state index is 5.98. The first-order valence-corrected chi connectivity index (χ1v) is 14.9. The van der Waals surface area contributed by atoms with Crippen LogP contribution in [0.5, 0.6) is 0 Å². The van der Waals surface area contributed by atoms with Crippen molar-refractivity contribution < 1.29 is 14.0 Å². The van der Waals surface area contributed by atoms with Crippen LogP contribution in [0.2, 0.25) is 0 Å². The minimum atomic E-state index is 0.354. The van der Waals surface area contributed by atoms with Gasteiger partial charge in [-0.05, 0) is 31.6 Å². The summed E-state index contributed by atoms with van der Waals surface area (Å²) in [6.07, 6.45) is 27.3. The van der Waals surface area contributed by atoms with E-state index in [9.17, 15) is 0 Å². The van der Waals surface area contributed by atoms with Crippen molar-refractivity contribution in [1.82, 2.24) is 0 Å². The summed E-state index contributed by atoms with van der Waals surface area (Å²) in [6.45, 7) is 6.12. The lowest BCUT2D eigenvalue weighted by Gasteiger charge is -2.10. The Morgan fingerprint density at radius 3 is 2.19 bits per heavy atom. The Hall–Kier alpha value is -0.450. The average Bonchev–Trinajstić information content (AvgIpc) is 3.48. The van der Waals surface area contributed by atoms with Gasteiger partial charge in [0.1, 0.15) is 6.54 Å². The van der Waals surface area contributed by atoms with Crippen LogP contribution >= 0.6 is 11.3 Å². The average molecular weight is 467 g/mol. The first-order valence-electron chi connectivity index (χ1n) is 14.0. The van der Waals surface area contributed by atoms with Crippen LogP contribution in [0, 0.1) is 5.92 Å². The molecule has 0 N–H and O–H groups in total. The molecule has 3 nitrogen and oxygen atoms in total. The molecule has 0 aliphatic carbocycles. The van der Waals surface area contributed by atoms with Gasteiger partial charge in [-0.15, -0.1) is 0 Å². The van der Waals surface area contributed by atoms with E-state index in [-0.39, 0.29) is 0 Å². The van der Waals surface area contributed by atoms with Crippen molar-refractivity contribution in [2.45, 2.75) is 135 Å². The fraction of sp³-hybridized carbons (Fsp3) is 0.893. The molecule has 4 heteroatoms. The molecule has 1 aliphatic rings. The normalized spacial score (nSPS) is 18.5. The molecular weight excluding hydrogens is 414 g/mol. The van der Waals surface area contributed by atoms with Gasteiger partial charge in [-0.2, -0.15) is 4.57 Å². The SMILES string of the molecule is CCCCCCCCCCCCCC[C@@H]1CO[C@@H](COCCCCCC[n+]2ccsc2)C1. The molecule has 0 unspecified atom stereocenters. The molecule has 2 atom stereocenters. The van der Waals surface area contributed by atoms with Crippen LogP contribution < -0.4 is 4.57 Å². The monoisotopic (exact) mass is 466 g/mol. The van der Waals surface area contributed by atoms with Gasteiger partial charge in [-0.25, -0.2) is 0 Å². The first-order chi connectivity index (χ1) is 15.9. The summed E-state index contributed by atoms with van der Waals surface area (Å²) in [5, 5.41) is 2.14. The second-order valence-corrected chi connectivity index (χ2v) is 10.7. The zero-order valence-electron chi connectivity index (χ0n) is 21.1. The minimum Gasteiger partial charge on any atom is -0.379 e. The summed E-state index contributed by atoms with van der Waals surface area (Å²) in [4.78, 5) is 0. The molecule has 0 spiro atoms. The molecular formula is C28H52NO2S+. The third kappa shape index (κ3) is 14.6. The predicted molar refractivity (Wildman–Crippen MR) is 137 cm³/mol. The van der Waals surface area contributed by atoms with Crippen LogP contribution in [0.1, 0.15) is 122 Å². The van der Waals surface area contributed by atoms with E-state index in [2.05, 4.69) is 28.6 Å². The Bertz CT molecular complexity index is 508. The van der Waals surface area contributed by atoms with Gasteiger partial charge in [0.15, 0.2) is 6.20 Å². The summed E-state index contributed by atoms with van der Waals surface area (Å²) in [7, 11) is 0. The van der Waals surface area contributed by atoms with E-state index in [1.165, 1.54) is 116 Å². The quantitative estimate of drug-likeness (QED) is 0.127. The number of aryl methyl sites for hydroxylation is 1. The number of thiazole rings is 1. The third-order valence-corrected chi connectivity index (χ3v) is 7.59. The zero-order chi connectivity index (χ0) is 22.5. The standard InChI is InChI=1S/C28H52NO2S/c1-2-3-4-5-6-7-8-9-10-11-12-15-18-27-23-28(31-24-27)25-30-21-17-14-13-16-19-29-20-22-32-26-29/h20,22,26-28H,2-19,21,23-25H2,1H3/q+1/t27-,28+/m0/s1. The third-order valence-electron chi connectivity index (χ3n) is 6.92. The van der Waals surface area contributed by atoms with Crippen molar-refractivity contribution in [3.63, 3.8) is 0 Å². The second-order valence-electron chi connectivity index (χ2n) is 9.99. The van der Waals surface area contributed by atoms with Gasteiger partial charge in [0.25, 0.3) is 0 Å². The van der Waals surface area contributed by atoms with Crippen LogP contribution in [0.25, 0.3) is 0 Å². The van der Waals surface area contributed by atoms with Gasteiger partial charge in [-0.3, -0.25) is 0 Å². The van der Waals surface area contributed by atoms with Crippen LogP contribution in [0.3, 0.4) is 0 Å². The highest BCUT2D eigenvalue weighted by Gasteiger charge is 2.24. The number of aromatic nitrogens is 1. The molecule has 2 heterocycles. The Kier molecular flexibility index (Phi) is 17.3. The van der Waals surface area contributed by atoms with Crippen molar-refractivity contribution >= 4 is 11.3 Å². The molecule has 1 aromatic rings. The molecule has 1 aliphatic heterocycles. The molecule has 0 radical (unpaired) electrons. The lowest BCUT2D eigenvalue weighted by molar-refractivity contribution is -0.692. The first kappa shape index (κ1) is 27.8. The molecule has 0 aromatic carbocycles. The lowest BCUT2D eigenvalue weighted by Crippen LogP contribution is -2.29. The van der Waals surface area contributed by atoms with E-state index in [0.29, 0.717) is 6.10 Å². The van der Waals surface area contributed by atoms with Gasteiger partial charge in [0.05, 0.1) is 18.1 Å². The summed E-state index contributed by atoms with van der Waals surface area (Å²) >= 11 is 1.77. The van der Waals surface area contributed by atoms with Gasteiger partial charge in [-0.1, -0.05) is 102 Å². The van der Waals surface area contributed by atoms with Crippen LogP contribution in [0.4, 0.5) is 0 Å². The fourth-order valence-corrected chi connectivity index (χ4v) is 5.46. The number of unbranched alkanes of at least 4 members (excludes halogenated alkanes) is 14. The summed E-state index contributed by atoms with van der Waals surface area (Å²) in [5.74, 6) is 0.779. The summed E-state index contributed by atoms with van der Waals surface area (Å²) < 4.78 is 14.2. The molecule has 2 rings (SSSR count). The maximum Gasteiger partial charge on any atom is 0.224 e. The highest BCUT2D eigenvalue weighted by molar-refractivity contribution is 7.07. The highest BCUT2D eigenvalue weighted by Crippen LogP contribution is 2.25. The number of hydrogen-bond donors (Lipinski definition) is 0. The van der Waals surface area contributed by atoms with Crippen molar-refractivity contribution in [2.75, 3.05) is 19.8 Å². The molecule has 0 saturated carbocycles. The van der Waals surface area contributed by atoms with Crippen molar-refractivity contribution in [3.8, 4) is 0 Å². The number of ether oxygens (including phenoxy) is 2. The smallest absolute Gasteiger partial charge is 0.224 e. The molecule has 1 fully saturated rings. The number of hydrogen-bond acceptors (Lipinski definition) is 3. The zero-order valence-corrected chi connectivity index (χ0v) is 21.9. The predicted octanol–water partition coefficient (Wildman–Crippen LogP) is 8.11. The molecule has 0 amide bonds. The lowest BCUT2D eigenvalue weighted by atomic mass is 9.97. The van der Waals surface area contributed by atoms with E-state index < -0.39 is 0 Å². The topological polar surface area (TPSA) is 22.3 Å².